The minimum atomic E-state index is -4.45. The molecule has 0 aliphatic rings. The van der Waals surface area contributed by atoms with Gasteiger partial charge in [0, 0.05) is 12.2 Å². The highest BCUT2D eigenvalue weighted by atomic mass is 32.2. The Balaban J connectivity index is 2.00. The van der Waals surface area contributed by atoms with E-state index in [-0.39, 0.29) is 5.75 Å². The molecule has 0 N–H and O–H groups in total. The number of anilines is 1. The first-order chi connectivity index (χ1) is 13.1. The fourth-order valence-corrected chi connectivity index (χ4v) is 3.86. The molecule has 2 rings (SSSR count). The van der Waals surface area contributed by atoms with Gasteiger partial charge in [0.2, 0.25) is 5.91 Å². The van der Waals surface area contributed by atoms with Crippen LogP contribution in [-0.2, 0) is 20.4 Å². The van der Waals surface area contributed by atoms with E-state index in [1.807, 2.05) is 0 Å². The SMILES string of the molecule is CCN(C(=O)CS(=O)(=O)Cc1ccc(OCC(F)(F)F)cc1)c1ccccc1. The van der Waals surface area contributed by atoms with Crippen LogP contribution in [0.4, 0.5) is 18.9 Å². The molecule has 1 amide bonds. The Morgan fingerprint density at radius 1 is 1.04 bits per heavy atom. The molecule has 28 heavy (non-hydrogen) atoms. The van der Waals surface area contributed by atoms with Crippen LogP contribution >= 0.6 is 0 Å². The van der Waals surface area contributed by atoms with Gasteiger partial charge in [-0.15, -0.1) is 0 Å². The van der Waals surface area contributed by atoms with Gasteiger partial charge in [0.25, 0.3) is 0 Å². The number of hydrogen-bond donors (Lipinski definition) is 0. The number of nitrogens with zero attached hydrogens (tertiary/aromatic N) is 1. The van der Waals surface area contributed by atoms with Crippen molar-refractivity contribution >= 4 is 21.4 Å². The van der Waals surface area contributed by atoms with E-state index in [4.69, 9.17) is 0 Å². The summed E-state index contributed by atoms with van der Waals surface area (Å²) in [5.74, 6) is -1.62. The summed E-state index contributed by atoms with van der Waals surface area (Å²) in [5.41, 5.74) is 0.964. The second-order valence-electron chi connectivity index (χ2n) is 6.05. The van der Waals surface area contributed by atoms with E-state index < -0.39 is 40.0 Å². The number of carbonyl (C=O) groups excluding carboxylic acids is 1. The standard InChI is InChI=1S/C19H20F3NO4S/c1-2-23(16-6-4-3-5-7-16)18(24)13-28(25,26)12-15-8-10-17(11-9-15)27-14-19(20,21)22/h3-11H,2,12-14H2,1H3. The number of ether oxygens (including phenoxy) is 1. The number of carbonyl (C=O) groups is 1. The largest absolute Gasteiger partial charge is 0.484 e. The molecule has 0 spiro atoms. The molecule has 152 valence electrons. The van der Waals surface area contributed by atoms with Gasteiger partial charge in [-0.25, -0.2) is 8.42 Å². The van der Waals surface area contributed by atoms with Gasteiger partial charge in [0.1, 0.15) is 11.5 Å². The predicted molar refractivity (Wildman–Crippen MR) is 100.0 cm³/mol. The third-order valence-corrected chi connectivity index (χ3v) is 5.20. The lowest BCUT2D eigenvalue weighted by atomic mass is 10.2. The normalized spacial score (nSPS) is 11.9. The van der Waals surface area contributed by atoms with E-state index >= 15 is 0 Å². The fourth-order valence-electron chi connectivity index (χ4n) is 2.53. The monoisotopic (exact) mass is 415 g/mol. The molecule has 0 aliphatic heterocycles. The van der Waals surface area contributed by atoms with Crippen LogP contribution in [0.25, 0.3) is 0 Å². The summed E-state index contributed by atoms with van der Waals surface area (Å²) >= 11 is 0. The molecule has 2 aromatic rings. The lowest BCUT2D eigenvalue weighted by Crippen LogP contribution is -2.36. The predicted octanol–water partition coefficient (Wildman–Crippen LogP) is 3.60. The molecule has 0 radical (unpaired) electrons. The van der Waals surface area contributed by atoms with Crippen LogP contribution in [0.15, 0.2) is 54.6 Å². The van der Waals surface area contributed by atoms with Crippen LogP contribution < -0.4 is 9.64 Å². The summed E-state index contributed by atoms with van der Waals surface area (Å²) in [6, 6.07) is 14.0. The molecule has 0 aliphatic carbocycles. The number of halogens is 3. The highest BCUT2D eigenvalue weighted by Crippen LogP contribution is 2.20. The van der Waals surface area contributed by atoms with Crippen molar-refractivity contribution in [1.82, 2.24) is 0 Å². The molecule has 5 nitrogen and oxygen atoms in total. The number of sulfone groups is 1. The zero-order valence-electron chi connectivity index (χ0n) is 15.1. The Hall–Kier alpha value is -2.55. The van der Waals surface area contributed by atoms with Gasteiger partial charge in [-0.1, -0.05) is 30.3 Å². The molecular formula is C19H20F3NO4S. The average molecular weight is 415 g/mol. The van der Waals surface area contributed by atoms with Crippen molar-refractivity contribution in [2.75, 3.05) is 23.8 Å². The van der Waals surface area contributed by atoms with E-state index in [0.29, 0.717) is 17.8 Å². The number of benzene rings is 2. The molecule has 0 saturated carbocycles. The Kier molecular flexibility index (Phi) is 7.06. The molecule has 0 heterocycles. The Morgan fingerprint density at radius 2 is 1.64 bits per heavy atom. The second kappa shape index (κ2) is 9.09. The molecular weight excluding hydrogens is 395 g/mol. The summed E-state index contributed by atoms with van der Waals surface area (Å²) in [6.45, 7) is 0.645. The Labute approximate surface area is 161 Å². The van der Waals surface area contributed by atoms with Crippen LogP contribution in [-0.4, -0.2) is 39.4 Å². The van der Waals surface area contributed by atoms with E-state index in [1.165, 1.54) is 29.2 Å². The van der Waals surface area contributed by atoms with Crippen LogP contribution in [0.3, 0.4) is 0 Å². The zero-order valence-corrected chi connectivity index (χ0v) is 16.0. The molecule has 0 unspecified atom stereocenters. The van der Waals surface area contributed by atoms with Gasteiger partial charge >= 0.3 is 6.18 Å². The number of hydrogen-bond acceptors (Lipinski definition) is 4. The maximum absolute atomic E-state index is 12.4. The molecule has 0 atom stereocenters. The van der Waals surface area contributed by atoms with Crippen LogP contribution in [0.5, 0.6) is 5.75 Å². The molecule has 9 heteroatoms. The minimum absolute atomic E-state index is 0.0178. The third kappa shape index (κ3) is 6.88. The first-order valence-electron chi connectivity index (χ1n) is 8.44. The number of para-hydroxylation sites is 1. The van der Waals surface area contributed by atoms with Crippen LogP contribution in [0.1, 0.15) is 12.5 Å². The summed E-state index contributed by atoms with van der Waals surface area (Å²) in [4.78, 5) is 13.8. The van der Waals surface area contributed by atoms with Crippen molar-refractivity contribution < 1.29 is 31.1 Å². The maximum Gasteiger partial charge on any atom is 0.422 e. The van der Waals surface area contributed by atoms with Gasteiger partial charge in [0.05, 0.1) is 5.75 Å². The Bertz CT molecular complexity index is 882. The van der Waals surface area contributed by atoms with Crippen LogP contribution in [0.2, 0.25) is 0 Å². The van der Waals surface area contributed by atoms with Crippen LogP contribution in [0, 0.1) is 0 Å². The van der Waals surface area contributed by atoms with Gasteiger partial charge in [-0.3, -0.25) is 4.79 Å². The van der Waals surface area contributed by atoms with Crippen molar-refractivity contribution in [3.63, 3.8) is 0 Å². The zero-order chi connectivity index (χ0) is 20.8. The highest BCUT2D eigenvalue weighted by molar-refractivity contribution is 7.91. The lowest BCUT2D eigenvalue weighted by molar-refractivity contribution is -0.153. The van der Waals surface area contributed by atoms with Gasteiger partial charge in [0.15, 0.2) is 16.4 Å². The molecule has 0 saturated heterocycles. The maximum atomic E-state index is 12.4. The van der Waals surface area contributed by atoms with E-state index in [1.54, 1.807) is 37.3 Å². The summed E-state index contributed by atoms with van der Waals surface area (Å²) in [6.07, 6.45) is -4.45. The highest BCUT2D eigenvalue weighted by Gasteiger charge is 2.28. The van der Waals surface area contributed by atoms with Gasteiger partial charge in [-0.05, 0) is 36.8 Å². The quantitative estimate of drug-likeness (QED) is 0.661. The third-order valence-electron chi connectivity index (χ3n) is 3.74. The van der Waals surface area contributed by atoms with Crippen molar-refractivity contribution in [2.45, 2.75) is 18.9 Å². The van der Waals surface area contributed by atoms with Crippen molar-refractivity contribution in [3.8, 4) is 5.75 Å². The molecule has 2 aromatic carbocycles. The fraction of sp³-hybridized carbons (Fsp3) is 0.316. The van der Waals surface area contributed by atoms with Crippen molar-refractivity contribution in [2.24, 2.45) is 0 Å². The first kappa shape index (κ1) is 21.7. The summed E-state index contributed by atoms with van der Waals surface area (Å²) < 4.78 is 65.8. The van der Waals surface area contributed by atoms with Crippen molar-refractivity contribution in [3.05, 3.63) is 60.2 Å². The van der Waals surface area contributed by atoms with Gasteiger partial charge < -0.3 is 9.64 Å². The minimum Gasteiger partial charge on any atom is -0.484 e. The van der Waals surface area contributed by atoms with E-state index in [2.05, 4.69) is 4.74 Å². The Morgan fingerprint density at radius 3 is 2.18 bits per heavy atom. The number of rotatable bonds is 8. The molecule has 0 bridgehead atoms. The number of amides is 1. The average Bonchev–Trinajstić information content (AvgIpc) is 2.61. The smallest absolute Gasteiger partial charge is 0.422 e. The lowest BCUT2D eigenvalue weighted by Gasteiger charge is -2.21. The van der Waals surface area contributed by atoms with E-state index in [0.717, 1.165) is 0 Å². The number of alkyl halides is 3. The topological polar surface area (TPSA) is 63.7 Å². The first-order valence-corrected chi connectivity index (χ1v) is 10.3. The van der Waals surface area contributed by atoms with Crippen molar-refractivity contribution in [1.29, 1.82) is 0 Å². The molecule has 0 aromatic heterocycles. The molecule has 0 fully saturated rings. The second-order valence-corrected chi connectivity index (χ2v) is 8.12. The summed E-state index contributed by atoms with van der Waals surface area (Å²) in [7, 11) is -3.76. The summed E-state index contributed by atoms with van der Waals surface area (Å²) in [5, 5.41) is 0. The van der Waals surface area contributed by atoms with Gasteiger partial charge in [-0.2, -0.15) is 13.2 Å². The van der Waals surface area contributed by atoms with E-state index in [9.17, 15) is 26.4 Å².